The lowest BCUT2D eigenvalue weighted by Gasteiger charge is -2.21. The number of hydroxylamine groups is 1. The molecule has 1 amide bonds. The minimum atomic E-state index is -0.374. The number of carbonyl (C=O) groups is 2. The molecule has 6 nitrogen and oxygen atoms in total. The predicted octanol–water partition coefficient (Wildman–Crippen LogP) is 4.96. The zero-order valence-electron chi connectivity index (χ0n) is 18.0. The first-order valence-electron chi connectivity index (χ1n) is 10.5. The fourth-order valence-electron chi connectivity index (χ4n) is 3.06. The molecule has 32 heavy (non-hydrogen) atoms. The SMILES string of the molecule is CSOCc1cccc(C(=O)/C=C/c2ccc(/C=C/C(=O)NOC3CCCCO3)cc2)c1. The number of nitrogens with one attached hydrogen (secondary N) is 1. The van der Waals surface area contributed by atoms with Gasteiger partial charge in [0, 0.05) is 30.9 Å². The zero-order valence-corrected chi connectivity index (χ0v) is 18.8. The summed E-state index contributed by atoms with van der Waals surface area (Å²) in [7, 11) is 0. The van der Waals surface area contributed by atoms with Crippen LogP contribution in [0, 0.1) is 0 Å². The van der Waals surface area contributed by atoms with Gasteiger partial charge in [-0.1, -0.05) is 48.5 Å². The van der Waals surface area contributed by atoms with E-state index in [9.17, 15) is 9.59 Å². The Morgan fingerprint density at radius 2 is 1.84 bits per heavy atom. The van der Waals surface area contributed by atoms with Crippen LogP contribution < -0.4 is 5.48 Å². The molecular formula is C25H27NO5S. The number of benzene rings is 2. The minimum Gasteiger partial charge on any atom is -0.350 e. The van der Waals surface area contributed by atoms with Gasteiger partial charge in [-0.25, -0.2) is 10.3 Å². The van der Waals surface area contributed by atoms with Gasteiger partial charge in [-0.05, 0) is 59.8 Å². The van der Waals surface area contributed by atoms with E-state index in [4.69, 9.17) is 13.8 Å². The van der Waals surface area contributed by atoms with E-state index in [1.54, 1.807) is 24.3 Å². The summed E-state index contributed by atoms with van der Waals surface area (Å²) in [5.74, 6) is -0.419. The fourth-order valence-corrected chi connectivity index (χ4v) is 3.32. The van der Waals surface area contributed by atoms with Crippen molar-refractivity contribution >= 4 is 35.9 Å². The summed E-state index contributed by atoms with van der Waals surface area (Å²) in [6.07, 6.45) is 10.7. The van der Waals surface area contributed by atoms with Gasteiger partial charge in [0.2, 0.25) is 0 Å². The van der Waals surface area contributed by atoms with Gasteiger partial charge in [0.15, 0.2) is 12.1 Å². The summed E-state index contributed by atoms with van der Waals surface area (Å²) < 4.78 is 10.7. The molecule has 1 atom stereocenters. The van der Waals surface area contributed by atoms with Gasteiger partial charge in [0.1, 0.15) is 0 Å². The van der Waals surface area contributed by atoms with Crippen molar-refractivity contribution in [2.45, 2.75) is 32.2 Å². The summed E-state index contributed by atoms with van der Waals surface area (Å²) in [5, 5.41) is 0. The van der Waals surface area contributed by atoms with Crippen molar-refractivity contribution in [3.05, 3.63) is 82.9 Å². The van der Waals surface area contributed by atoms with E-state index in [1.807, 2.05) is 48.7 Å². The second kappa shape index (κ2) is 13.0. The Kier molecular flexibility index (Phi) is 9.71. The number of amides is 1. The van der Waals surface area contributed by atoms with Crippen molar-refractivity contribution in [2.24, 2.45) is 0 Å². The van der Waals surface area contributed by atoms with Crippen LogP contribution in [0.3, 0.4) is 0 Å². The summed E-state index contributed by atoms with van der Waals surface area (Å²) in [4.78, 5) is 29.6. The lowest BCUT2D eigenvalue weighted by atomic mass is 10.1. The summed E-state index contributed by atoms with van der Waals surface area (Å²) in [5.41, 5.74) is 5.71. The highest BCUT2D eigenvalue weighted by molar-refractivity contribution is 7.93. The number of carbonyl (C=O) groups excluding carboxylic acids is 2. The first kappa shape index (κ1) is 23.9. The highest BCUT2D eigenvalue weighted by atomic mass is 32.2. The smallest absolute Gasteiger partial charge is 0.267 e. The third-order valence-electron chi connectivity index (χ3n) is 4.77. The molecule has 1 heterocycles. The van der Waals surface area contributed by atoms with Crippen molar-refractivity contribution in [1.82, 2.24) is 5.48 Å². The maximum Gasteiger partial charge on any atom is 0.267 e. The van der Waals surface area contributed by atoms with E-state index >= 15 is 0 Å². The molecule has 0 spiro atoms. The standard InChI is InChI=1S/C25H27NO5S/c1-32-30-18-21-5-4-6-22(17-21)23(27)14-12-19-8-10-20(11-9-19)13-15-24(28)26-31-25-7-2-3-16-29-25/h4-6,8-15,17,25H,2-3,7,16,18H2,1H3,(H,26,28)/b14-12+,15-13+. The van der Waals surface area contributed by atoms with Gasteiger partial charge in [-0.15, -0.1) is 0 Å². The van der Waals surface area contributed by atoms with Gasteiger partial charge < -0.3 is 8.92 Å². The van der Waals surface area contributed by atoms with E-state index in [0.717, 1.165) is 36.0 Å². The molecule has 7 heteroatoms. The third kappa shape index (κ3) is 8.09. The largest absolute Gasteiger partial charge is 0.350 e. The van der Waals surface area contributed by atoms with E-state index in [1.165, 1.54) is 18.1 Å². The maximum absolute atomic E-state index is 12.5. The summed E-state index contributed by atoms with van der Waals surface area (Å²) in [6, 6.07) is 14.9. The molecule has 1 unspecified atom stereocenters. The second-order valence-corrected chi connectivity index (χ2v) is 7.78. The van der Waals surface area contributed by atoms with Crippen LogP contribution in [0.1, 0.15) is 46.3 Å². The van der Waals surface area contributed by atoms with Crippen LogP contribution in [0.4, 0.5) is 0 Å². The topological polar surface area (TPSA) is 73.9 Å². The number of ether oxygens (including phenoxy) is 1. The molecule has 0 aliphatic carbocycles. The highest BCUT2D eigenvalue weighted by Crippen LogP contribution is 2.14. The van der Waals surface area contributed by atoms with Crippen LogP contribution >= 0.6 is 12.0 Å². The van der Waals surface area contributed by atoms with Gasteiger partial charge in [-0.3, -0.25) is 9.59 Å². The Morgan fingerprint density at radius 3 is 2.53 bits per heavy atom. The van der Waals surface area contributed by atoms with Crippen LogP contribution in [-0.4, -0.2) is 30.8 Å². The van der Waals surface area contributed by atoms with Crippen LogP contribution in [-0.2, 0) is 25.2 Å². The molecule has 168 valence electrons. The molecule has 0 aromatic heterocycles. The molecule has 1 N–H and O–H groups in total. The minimum absolute atomic E-state index is 0.0707. The van der Waals surface area contributed by atoms with Crippen LogP contribution in [0.15, 0.2) is 60.7 Å². The quantitative estimate of drug-likeness (QED) is 0.237. The maximum atomic E-state index is 12.5. The molecule has 2 aromatic carbocycles. The number of rotatable bonds is 10. The molecule has 1 fully saturated rings. The van der Waals surface area contributed by atoms with E-state index in [2.05, 4.69) is 5.48 Å². The van der Waals surface area contributed by atoms with Crippen molar-refractivity contribution in [3.63, 3.8) is 0 Å². The lowest BCUT2D eigenvalue weighted by Crippen LogP contribution is -2.32. The van der Waals surface area contributed by atoms with E-state index in [-0.39, 0.29) is 18.0 Å². The summed E-state index contributed by atoms with van der Waals surface area (Å²) in [6.45, 7) is 1.11. The molecule has 0 bridgehead atoms. The number of hydrogen-bond donors (Lipinski definition) is 1. The van der Waals surface area contributed by atoms with Crippen molar-refractivity contribution < 1.29 is 23.3 Å². The molecule has 0 saturated carbocycles. The first-order valence-corrected chi connectivity index (χ1v) is 11.6. The molecule has 0 radical (unpaired) electrons. The average molecular weight is 454 g/mol. The number of allylic oxidation sites excluding steroid dienone is 1. The zero-order chi connectivity index (χ0) is 22.6. The first-order chi connectivity index (χ1) is 15.6. The van der Waals surface area contributed by atoms with Crippen LogP contribution in [0.25, 0.3) is 12.2 Å². The van der Waals surface area contributed by atoms with E-state index < -0.39 is 0 Å². The number of ketones is 1. The average Bonchev–Trinajstić information content (AvgIpc) is 2.85. The molecule has 3 rings (SSSR count). The Balaban J connectivity index is 1.49. The monoisotopic (exact) mass is 453 g/mol. The van der Waals surface area contributed by atoms with Gasteiger partial charge in [0.05, 0.1) is 6.61 Å². The van der Waals surface area contributed by atoms with Gasteiger partial charge in [0.25, 0.3) is 5.91 Å². The van der Waals surface area contributed by atoms with Crippen molar-refractivity contribution in [2.75, 3.05) is 12.9 Å². The number of hydrogen-bond acceptors (Lipinski definition) is 6. The predicted molar refractivity (Wildman–Crippen MR) is 126 cm³/mol. The third-order valence-corrected chi connectivity index (χ3v) is 5.13. The van der Waals surface area contributed by atoms with Gasteiger partial charge >= 0.3 is 0 Å². The molecule has 2 aromatic rings. The van der Waals surface area contributed by atoms with Crippen molar-refractivity contribution in [3.8, 4) is 0 Å². The highest BCUT2D eigenvalue weighted by Gasteiger charge is 2.14. The summed E-state index contributed by atoms with van der Waals surface area (Å²) >= 11 is 1.30. The molecular weight excluding hydrogens is 426 g/mol. The second-order valence-electron chi connectivity index (χ2n) is 7.21. The fraction of sp³-hybridized carbons (Fsp3) is 0.280. The van der Waals surface area contributed by atoms with Crippen LogP contribution in [0.5, 0.6) is 0 Å². The Bertz CT molecular complexity index is 949. The van der Waals surface area contributed by atoms with Crippen molar-refractivity contribution in [1.29, 1.82) is 0 Å². The normalized spacial score (nSPS) is 16.5. The lowest BCUT2D eigenvalue weighted by molar-refractivity contribution is -0.198. The Morgan fingerprint density at radius 1 is 1.09 bits per heavy atom. The molecule has 1 aliphatic heterocycles. The Labute approximate surface area is 192 Å². The molecule has 1 aliphatic rings. The molecule has 1 saturated heterocycles. The van der Waals surface area contributed by atoms with E-state index in [0.29, 0.717) is 18.8 Å². The van der Waals surface area contributed by atoms with Gasteiger partial charge in [-0.2, -0.15) is 0 Å². The Hall–Kier alpha value is -2.71. The van der Waals surface area contributed by atoms with Crippen LogP contribution in [0.2, 0.25) is 0 Å².